The molecule has 1 aromatic rings. The first-order valence-corrected chi connectivity index (χ1v) is 15.0. The van der Waals surface area contributed by atoms with E-state index in [4.69, 9.17) is 4.74 Å². The van der Waals surface area contributed by atoms with Crippen molar-refractivity contribution in [3.05, 3.63) is 29.3 Å². The number of hydrogen-bond donors (Lipinski definition) is 1. The van der Waals surface area contributed by atoms with Crippen LogP contribution in [0.4, 0.5) is 0 Å². The number of ether oxygens (including phenoxy) is 1. The molecule has 1 atom stereocenters. The van der Waals surface area contributed by atoms with Crippen LogP contribution >= 0.6 is 0 Å². The minimum atomic E-state index is -4.33. The topological polar surface area (TPSA) is 63.6 Å². The lowest BCUT2D eigenvalue weighted by Crippen LogP contribution is -2.40. The second-order valence-electron chi connectivity index (χ2n) is 9.70. The van der Waals surface area contributed by atoms with Gasteiger partial charge in [0.15, 0.2) is 0 Å². The van der Waals surface area contributed by atoms with Crippen LogP contribution in [0.2, 0.25) is 0 Å². The van der Waals surface area contributed by atoms with E-state index in [1.54, 1.807) is 6.92 Å². The van der Waals surface area contributed by atoms with Crippen molar-refractivity contribution in [1.82, 2.24) is 0 Å². The lowest BCUT2D eigenvalue weighted by Gasteiger charge is -2.28. The van der Waals surface area contributed by atoms with E-state index in [0.29, 0.717) is 5.75 Å². The van der Waals surface area contributed by atoms with Crippen molar-refractivity contribution in [3.63, 3.8) is 0 Å². The summed E-state index contributed by atoms with van der Waals surface area (Å²) in [6.45, 7) is 7.67. The summed E-state index contributed by atoms with van der Waals surface area (Å²) < 4.78 is 39.9. The molecule has 0 spiro atoms. The van der Waals surface area contributed by atoms with Crippen LogP contribution in [0.25, 0.3) is 0 Å². The van der Waals surface area contributed by atoms with E-state index < -0.39 is 15.1 Å². The van der Waals surface area contributed by atoms with Crippen molar-refractivity contribution in [2.24, 2.45) is 0 Å². The van der Waals surface area contributed by atoms with Crippen molar-refractivity contribution >= 4 is 10.1 Å². The number of benzene rings is 1. The Balaban J connectivity index is 2.85. The predicted octanol–water partition coefficient (Wildman–Crippen LogP) is 8.67. The zero-order valence-corrected chi connectivity index (χ0v) is 22.6. The molecule has 1 unspecified atom stereocenters. The maximum absolute atomic E-state index is 12.0. The number of unbranched alkanes of at least 4 members (excludes halogenated alkanes) is 12. The van der Waals surface area contributed by atoms with Crippen LogP contribution < -0.4 is 4.74 Å². The molecule has 0 radical (unpaired) electrons. The molecule has 0 saturated carbocycles. The monoisotopic (exact) mass is 482 g/mol. The van der Waals surface area contributed by atoms with Gasteiger partial charge in [0, 0.05) is 6.42 Å². The van der Waals surface area contributed by atoms with E-state index in [1.807, 2.05) is 12.1 Å². The molecule has 1 N–H and O–H groups in total. The molecule has 0 bridgehead atoms. The largest absolute Gasteiger partial charge is 0.469 e. The molecule has 5 heteroatoms. The highest BCUT2D eigenvalue weighted by molar-refractivity contribution is 7.87. The van der Waals surface area contributed by atoms with Gasteiger partial charge in [-0.1, -0.05) is 110 Å². The van der Waals surface area contributed by atoms with Crippen molar-refractivity contribution in [2.75, 3.05) is 0 Å². The Morgan fingerprint density at radius 1 is 0.758 bits per heavy atom. The maximum Gasteiger partial charge on any atom is 0.306 e. The molecule has 4 nitrogen and oxygen atoms in total. The molecular weight excluding hydrogens is 432 g/mol. The molecule has 0 saturated heterocycles. The average molecular weight is 483 g/mol. The highest BCUT2D eigenvalue weighted by atomic mass is 32.2. The van der Waals surface area contributed by atoms with Crippen molar-refractivity contribution < 1.29 is 17.7 Å². The Kier molecular flexibility index (Phi) is 15.0. The van der Waals surface area contributed by atoms with Gasteiger partial charge in [0.1, 0.15) is 5.75 Å². The lowest BCUT2D eigenvalue weighted by molar-refractivity contribution is 0.153. The summed E-state index contributed by atoms with van der Waals surface area (Å²) in [5.41, 5.74) is 2.39. The van der Waals surface area contributed by atoms with Crippen LogP contribution in [0.1, 0.15) is 135 Å². The first-order chi connectivity index (χ1) is 15.8. The van der Waals surface area contributed by atoms with E-state index >= 15 is 0 Å². The molecule has 0 aromatic heterocycles. The summed E-state index contributed by atoms with van der Waals surface area (Å²) in [5, 5.41) is 0. The quantitative estimate of drug-likeness (QED) is 0.149. The predicted molar refractivity (Wildman–Crippen MR) is 141 cm³/mol. The smallest absolute Gasteiger partial charge is 0.306 e. The minimum Gasteiger partial charge on any atom is -0.469 e. The summed E-state index contributed by atoms with van der Waals surface area (Å²) in [6.07, 6.45) is 19.6. The van der Waals surface area contributed by atoms with Gasteiger partial charge in [-0.05, 0) is 49.8 Å². The van der Waals surface area contributed by atoms with Gasteiger partial charge in [-0.15, -0.1) is 0 Å². The first kappa shape index (κ1) is 30.0. The summed E-state index contributed by atoms with van der Waals surface area (Å²) >= 11 is 0. The summed E-state index contributed by atoms with van der Waals surface area (Å²) in [4.78, 5) is -1.63. The van der Waals surface area contributed by atoms with Crippen molar-refractivity contribution in [3.8, 4) is 5.75 Å². The number of aryl methyl sites for hydroxylation is 1. The van der Waals surface area contributed by atoms with Gasteiger partial charge >= 0.3 is 10.1 Å². The second-order valence-corrected chi connectivity index (χ2v) is 11.5. The summed E-state index contributed by atoms with van der Waals surface area (Å²) in [5.74, 6) is 0.614. The van der Waals surface area contributed by atoms with Crippen LogP contribution in [0.3, 0.4) is 0 Å². The third-order valence-corrected chi connectivity index (χ3v) is 8.29. The number of rotatable bonds is 20. The Labute approximate surface area is 204 Å². The van der Waals surface area contributed by atoms with Crippen LogP contribution in [-0.4, -0.2) is 17.9 Å². The first-order valence-electron chi connectivity index (χ1n) is 13.6. The molecule has 0 fully saturated rings. The SMILES string of the molecule is CCCCCCCCCc1cccc(OC(C)(CC)S(=O)(=O)O)c1CCCCCCCCC. The van der Waals surface area contributed by atoms with Crippen molar-refractivity contribution in [1.29, 1.82) is 0 Å². The van der Waals surface area contributed by atoms with Crippen LogP contribution in [0.5, 0.6) is 5.75 Å². The molecule has 0 heterocycles. The maximum atomic E-state index is 12.0. The molecule has 0 aliphatic heterocycles. The van der Waals surface area contributed by atoms with Crippen LogP contribution in [0.15, 0.2) is 18.2 Å². The van der Waals surface area contributed by atoms with Gasteiger partial charge in [-0.3, -0.25) is 4.55 Å². The van der Waals surface area contributed by atoms with E-state index in [-0.39, 0.29) is 6.42 Å². The Morgan fingerprint density at radius 3 is 1.73 bits per heavy atom. The third-order valence-electron chi connectivity index (χ3n) is 6.82. The highest BCUT2D eigenvalue weighted by Crippen LogP contribution is 2.32. The Bertz CT molecular complexity index is 744. The van der Waals surface area contributed by atoms with E-state index in [1.165, 1.54) is 89.5 Å². The Hall–Kier alpha value is -1.07. The zero-order valence-electron chi connectivity index (χ0n) is 21.8. The molecule has 0 aliphatic carbocycles. The van der Waals surface area contributed by atoms with Gasteiger partial charge in [0.25, 0.3) is 0 Å². The molecule has 0 aliphatic rings. The van der Waals surface area contributed by atoms with E-state index in [9.17, 15) is 13.0 Å². The van der Waals surface area contributed by atoms with Crippen molar-refractivity contribution in [2.45, 2.75) is 142 Å². The molecule has 192 valence electrons. The number of hydrogen-bond acceptors (Lipinski definition) is 3. The summed E-state index contributed by atoms with van der Waals surface area (Å²) in [7, 11) is -4.33. The molecule has 1 rings (SSSR count). The standard InChI is InChI=1S/C28H50O4S/c1-5-8-10-12-14-16-18-21-25-22-20-24-27(32-28(4,7-3)33(29,30)31)26(25)23-19-17-15-13-11-9-6-2/h20,22,24H,5-19,21,23H2,1-4H3,(H,29,30,31). The molecule has 33 heavy (non-hydrogen) atoms. The van der Waals surface area contributed by atoms with Gasteiger partial charge in [0.2, 0.25) is 4.93 Å². The summed E-state index contributed by atoms with van der Waals surface area (Å²) in [6, 6.07) is 5.99. The fraction of sp³-hybridized carbons (Fsp3) is 0.786. The normalized spacial score (nSPS) is 13.7. The minimum absolute atomic E-state index is 0.185. The lowest BCUT2D eigenvalue weighted by atomic mass is 9.95. The fourth-order valence-corrected chi connectivity index (χ4v) is 4.86. The van der Waals surface area contributed by atoms with Gasteiger partial charge in [0.05, 0.1) is 0 Å². The fourth-order valence-electron chi connectivity index (χ4n) is 4.30. The molecule has 1 aromatic carbocycles. The van der Waals surface area contributed by atoms with Gasteiger partial charge in [-0.25, -0.2) is 0 Å². The van der Waals surface area contributed by atoms with E-state index in [0.717, 1.165) is 31.2 Å². The Morgan fingerprint density at radius 2 is 1.24 bits per heavy atom. The highest BCUT2D eigenvalue weighted by Gasteiger charge is 2.39. The van der Waals surface area contributed by atoms with Gasteiger partial charge < -0.3 is 4.74 Å². The second kappa shape index (κ2) is 16.5. The van der Waals surface area contributed by atoms with Crippen LogP contribution in [-0.2, 0) is 23.0 Å². The molecule has 0 amide bonds. The van der Waals surface area contributed by atoms with Gasteiger partial charge in [-0.2, -0.15) is 8.42 Å². The van der Waals surface area contributed by atoms with E-state index in [2.05, 4.69) is 19.9 Å². The van der Waals surface area contributed by atoms with Crippen LogP contribution in [0, 0.1) is 0 Å². The molecular formula is C28H50O4S. The third kappa shape index (κ3) is 11.3. The zero-order chi connectivity index (χ0) is 24.6. The average Bonchev–Trinajstić information content (AvgIpc) is 2.78.